The van der Waals surface area contributed by atoms with Crippen molar-refractivity contribution in [3.05, 3.63) is 0 Å². The Bertz CT molecular complexity index is 132. The van der Waals surface area contributed by atoms with Gasteiger partial charge in [0.1, 0.15) is 0 Å². The summed E-state index contributed by atoms with van der Waals surface area (Å²) in [4.78, 5) is 10.7. The summed E-state index contributed by atoms with van der Waals surface area (Å²) in [6, 6.07) is -0.138. The highest BCUT2D eigenvalue weighted by Crippen LogP contribution is 2.10. The maximum atomic E-state index is 10.7. The fraction of sp³-hybridized carbons (Fsp3) is 0.857. The molecule has 2 amide bonds. The van der Waals surface area contributed by atoms with Gasteiger partial charge in [-0.15, -0.1) is 0 Å². The highest BCUT2D eigenvalue weighted by Gasteiger charge is 2.15. The average molecular weight is 158 g/mol. The Morgan fingerprint density at radius 3 is 3.09 bits per heavy atom. The summed E-state index contributed by atoms with van der Waals surface area (Å²) in [5, 5.41) is 5.18. The van der Waals surface area contributed by atoms with E-state index >= 15 is 0 Å². The molecule has 0 aromatic rings. The maximum Gasteiger partial charge on any atom is 0.314 e. The van der Waals surface area contributed by atoms with Crippen LogP contribution >= 0.6 is 0 Å². The first-order chi connectivity index (χ1) is 5.33. The molecular weight excluding hydrogens is 144 g/mol. The van der Waals surface area contributed by atoms with Gasteiger partial charge < -0.3 is 15.4 Å². The van der Waals surface area contributed by atoms with Crippen molar-refractivity contribution in [3.63, 3.8) is 0 Å². The van der Waals surface area contributed by atoms with Crippen LogP contribution in [0.15, 0.2) is 0 Å². The monoisotopic (exact) mass is 158 g/mol. The third-order valence-corrected chi connectivity index (χ3v) is 1.74. The summed E-state index contributed by atoms with van der Waals surface area (Å²) in [6.45, 7) is 1.46. The molecule has 4 nitrogen and oxygen atoms in total. The fourth-order valence-corrected chi connectivity index (χ4v) is 1.10. The Hall–Kier alpha value is -0.770. The van der Waals surface area contributed by atoms with Crippen LogP contribution in [0.1, 0.15) is 12.8 Å². The van der Waals surface area contributed by atoms with Gasteiger partial charge in [-0.05, 0) is 12.8 Å². The maximum absolute atomic E-state index is 10.7. The van der Waals surface area contributed by atoms with Crippen LogP contribution in [0.25, 0.3) is 0 Å². The topological polar surface area (TPSA) is 50.4 Å². The molecule has 64 valence electrons. The lowest BCUT2D eigenvalue weighted by molar-refractivity contribution is 0.111. The van der Waals surface area contributed by atoms with Crippen molar-refractivity contribution < 1.29 is 9.53 Å². The quantitative estimate of drug-likeness (QED) is 0.598. The lowest BCUT2D eigenvalue weighted by Gasteiger charge is -2.09. The van der Waals surface area contributed by atoms with Crippen LogP contribution < -0.4 is 10.6 Å². The molecule has 4 heteroatoms. The van der Waals surface area contributed by atoms with Gasteiger partial charge in [0.05, 0.1) is 6.10 Å². The number of amides is 2. The van der Waals surface area contributed by atoms with Crippen molar-refractivity contribution in [2.75, 3.05) is 20.2 Å². The van der Waals surface area contributed by atoms with E-state index in [-0.39, 0.29) is 12.1 Å². The van der Waals surface area contributed by atoms with Gasteiger partial charge in [-0.1, -0.05) is 0 Å². The van der Waals surface area contributed by atoms with Crippen molar-refractivity contribution in [2.45, 2.75) is 18.9 Å². The molecule has 1 aliphatic heterocycles. The first-order valence-corrected chi connectivity index (χ1v) is 3.90. The zero-order valence-electron chi connectivity index (χ0n) is 6.72. The number of ether oxygens (including phenoxy) is 1. The molecule has 0 bridgehead atoms. The van der Waals surface area contributed by atoms with Crippen molar-refractivity contribution in [2.24, 2.45) is 0 Å². The summed E-state index contributed by atoms with van der Waals surface area (Å²) in [5.41, 5.74) is 0. The van der Waals surface area contributed by atoms with Gasteiger partial charge in [0.25, 0.3) is 0 Å². The molecule has 1 fully saturated rings. The van der Waals surface area contributed by atoms with Crippen LogP contribution in [-0.2, 0) is 4.74 Å². The Morgan fingerprint density at radius 2 is 2.55 bits per heavy atom. The van der Waals surface area contributed by atoms with Gasteiger partial charge in [0.2, 0.25) is 0 Å². The van der Waals surface area contributed by atoms with Gasteiger partial charge in [-0.2, -0.15) is 0 Å². The second kappa shape index (κ2) is 4.18. The predicted octanol–water partition coefficient (Wildman–Crippen LogP) is 0.0944. The molecule has 0 unspecified atom stereocenters. The zero-order valence-corrected chi connectivity index (χ0v) is 6.72. The molecular formula is C7H14N2O2. The van der Waals surface area contributed by atoms with Crippen LogP contribution in [0.3, 0.4) is 0 Å². The molecule has 1 atom stereocenters. The van der Waals surface area contributed by atoms with Gasteiger partial charge in [0, 0.05) is 20.2 Å². The van der Waals surface area contributed by atoms with Gasteiger partial charge in [-0.25, -0.2) is 4.79 Å². The number of hydrogen-bond acceptors (Lipinski definition) is 2. The number of carbonyl (C=O) groups excluding carboxylic acids is 1. The second-order valence-corrected chi connectivity index (χ2v) is 2.60. The largest absolute Gasteiger partial charge is 0.376 e. The number of urea groups is 1. The van der Waals surface area contributed by atoms with Crippen LogP contribution in [0.5, 0.6) is 0 Å². The normalized spacial score (nSPS) is 23.2. The number of rotatable bonds is 2. The standard InChI is InChI=1S/C7H14N2O2/c1-8-7(10)9-5-6-3-2-4-11-6/h6H,2-5H2,1H3,(H2,8,9,10)/t6-/m1/s1. The predicted molar refractivity (Wildman–Crippen MR) is 41.4 cm³/mol. The van der Waals surface area contributed by atoms with Crippen LogP contribution in [-0.4, -0.2) is 32.3 Å². The molecule has 0 aromatic carbocycles. The molecule has 1 heterocycles. The molecule has 0 aliphatic carbocycles. The molecule has 1 saturated heterocycles. The summed E-state index contributed by atoms with van der Waals surface area (Å²) < 4.78 is 5.31. The third-order valence-electron chi connectivity index (χ3n) is 1.74. The van der Waals surface area contributed by atoms with E-state index in [1.165, 1.54) is 0 Å². The van der Waals surface area contributed by atoms with Crippen molar-refractivity contribution in [1.82, 2.24) is 10.6 Å². The van der Waals surface area contributed by atoms with Crippen LogP contribution in [0.2, 0.25) is 0 Å². The first kappa shape index (κ1) is 8.33. The van der Waals surface area contributed by atoms with E-state index in [0.717, 1.165) is 19.4 Å². The highest BCUT2D eigenvalue weighted by atomic mass is 16.5. The smallest absolute Gasteiger partial charge is 0.314 e. The first-order valence-electron chi connectivity index (χ1n) is 3.90. The lowest BCUT2D eigenvalue weighted by atomic mass is 10.2. The molecule has 0 aromatic heterocycles. The van der Waals surface area contributed by atoms with Gasteiger partial charge in [-0.3, -0.25) is 0 Å². The van der Waals surface area contributed by atoms with Crippen LogP contribution in [0.4, 0.5) is 4.79 Å². The molecule has 1 aliphatic rings. The lowest BCUT2D eigenvalue weighted by Crippen LogP contribution is -2.37. The summed E-state index contributed by atoms with van der Waals surface area (Å²) in [6.07, 6.45) is 2.40. The van der Waals surface area contributed by atoms with E-state index in [2.05, 4.69) is 10.6 Å². The van der Waals surface area contributed by atoms with Crippen molar-refractivity contribution in [3.8, 4) is 0 Å². The van der Waals surface area contributed by atoms with E-state index < -0.39 is 0 Å². The Morgan fingerprint density at radius 1 is 1.73 bits per heavy atom. The Balaban J connectivity index is 2.06. The van der Waals surface area contributed by atoms with E-state index in [0.29, 0.717) is 6.54 Å². The van der Waals surface area contributed by atoms with Crippen molar-refractivity contribution in [1.29, 1.82) is 0 Å². The number of hydrogen-bond donors (Lipinski definition) is 2. The van der Waals surface area contributed by atoms with E-state index in [1.54, 1.807) is 7.05 Å². The molecule has 11 heavy (non-hydrogen) atoms. The molecule has 0 spiro atoms. The molecule has 0 saturated carbocycles. The van der Waals surface area contributed by atoms with E-state index in [4.69, 9.17) is 4.74 Å². The van der Waals surface area contributed by atoms with Gasteiger partial charge >= 0.3 is 6.03 Å². The second-order valence-electron chi connectivity index (χ2n) is 2.60. The Kier molecular flexibility index (Phi) is 3.16. The minimum absolute atomic E-state index is 0.138. The third kappa shape index (κ3) is 2.76. The van der Waals surface area contributed by atoms with Crippen molar-refractivity contribution >= 4 is 6.03 Å². The molecule has 1 rings (SSSR count). The average Bonchev–Trinajstić information content (AvgIpc) is 2.52. The van der Waals surface area contributed by atoms with Gasteiger partial charge in [0.15, 0.2) is 0 Å². The van der Waals surface area contributed by atoms with E-state index in [9.17, 15) is 4.79 Å². The zero-order chi connectivity index (χ0) is 8.10. The molecule has 0 radical (unpaired) electrons. The van der Waals surface area contributed by atoms with E-state index in [1.807, 2.05) is 0 Å². The number of carbonyl (C=O) groups is 1. The fourth-order valence-electron chi connectivity index (χ4n) is 1.10. The highest BCUT2D eigenvalue weighted by molar-refractivity contribution is 5.73. The number of nitrogens with one attached hydrogen (secondary N) is 2. The SMILES string of the molecule is CNC(=O)NC[C@H]1CCCO1. The summed E-state index contributed by atoms with van der Waals surface area (Å²) >= 11 is 0. The Labute approximate surface area is 66.3 Å². The van der Waals surface area contributed by atoms with Crippen LogP contribution in [0, 0.1) is 0 Å². The minimum atomic E-state index is -0.138. The summed E-state index contributed by atoms with van der Waals surface area (Å²) in [5.74, 6) is 0. The minimum Gasteiger partial charge on any atom is -0.376 e. The molecule has 2 N–H and O–H groups in total. The summed E-state index contributed by atoms with van der Waals surface area (Å²) in [7, 11) is 1.60.